The normalized spacial score (nSPS) is 10.4. The molecule has 0 aliphatic rings. The summed E-state index contributed by atoms with van der Waals surface area (Å²) in [5, 5.41) is 6.71. The summed E-state index contributed by atoms with van der Waals surface area (Å²) in [6.07, 6.45) is 0.869. The SMILES string of the molecule is COC(=O)c1cccc(NC(=O)CCc2c(C)noc2C)c1C. The number of amides is 1. The van der Waals surface area contributed by atoms with Crippen LogP contribution in [0.15, 0.2) is 22.7 Å². The van der Waals surface area contributed by atoms with E-state index in [1.807, 2.05) is 13.8 Å². The number of hydrogen-bond acceptors (Lipinski definition) is 5. The van der Waals surface area contributed by atoms with E-state index in [2.05, 4.69) is 10.5 Å². The minimum atomic E-state index is -0.422. The quantitative estimate of drug-likeness (QED) is 0.858. The molecule has 6 nitrogen and oxygen atoms in total. The van der Waals surface area contributed by atoms with E-state index in [1.54, 1.807) is 25.1 Å². The highest BCUT2D eigenvalue weighted by molar-refractivity contribution is 5.96. The standard InChI is InChI=1S/C17H20N2O4/c1-10-13(17(21)22-4)6-5-7-15(10)18-16(20)9-8-14-11(2)19-23-12(14)3/h5-7H,8-9H2,1-4H3,(H,18,20). The highest BCUT2D eigenvalue weighted by atomic mass is 16.5. The second kappa shape index (κ2) is 7.09. The lowest BCUT2D eigenvalue weighted by molar-refractivity contribution is -0.116. The van der Waals surface area contributed by atoms with Gasteiger partial charge in [-0.15, -0.1) is 0 Å². The molecule has 0 saturated carbocycles. The highest BCUT2D eigenvalue weighted by Crippen LogP contribution is 2.20. The fraction of sp³-hybridized carbons (Fsp3) is 0.353. The maximum Gasteiger partial charge on any atom is 0.338 e. The number of aryl methyl sites for hydroxylation is 2. The largest absolute Gasteiger partial charge is 0.465 e. The zero-order valence-electron chi connectivity index (χ0n) is 13.7. The number of nitrogens with one attached hydrogen (secondary N) is 1. The molecule has 122 valence electrons. The summed E-state index contributed by atoms with van der Waals surface area (Å²) in [5.41, 5.74) is 3.50. The van der Waals surface area contributed by atoms with Gasteiger partial charge in [0, 0.05) is 17.7 Å². The van der Waals surface area contributed by atoms with Gasteiger partial charge < -0.3 is 14.6 Å². The van der Waals surface area contributed by atoms with Crippen LogP contribution in [0.1, 0.15) is 39.4 Å². The van der Waals surface area contributed by atoms with Gasteiger partial charge in [0.25, 0.3) is 0 Å². The predicted molar refractivity (Wildman–Crippen MR) is 85.4 cm³/mol. The van der Waals surface area contributed by atoms with E-state index < -0.39 is 5.97 Å². The highest BCUT2D eigenvalue weighted by Gasteiger charge is 2.15. The second-order valence-corrected chi connectivity index (χ2v) is 5.32. The first kappa shape index (κ1) is 16.7. The molecule has 0 radical (unpaired) electrons. The van der Waals surface area contributed by atoms with Crippen LogP contribution in [0.5, 0.6) is 0 Å². The van der Waals surface area contributed by atoms with Gasteiger partial charge in [0.15, 0.2) is 0 Å². The second-order valence-electron chi connectivity index (χ2n) is 5.32. The number of aromatic nitrogens is 1. The van der Waals surface area contributed by atoms with Crippen LogP contribution in [0.3, 0.4) is 0 Å². The van der Waals surface area contributed by atoms with E-state index in [1.165, 1.54) is 7.11 Å². The molecule has 0 spiro atoms. The smallest absolute Gasteiger partial charge is 0.338 e. The van der Waals surface area contributed by atoms with Gasteiger partial charge in [0.1, 0.15) is 5.76 Å². The molecule has 1 N–H and O–H groups in total. The number of rotatable bonds is 5. The molecule has 0 aliphatic heterocycles. The van der Waals surface area contributed by atoms with Crippen molar-refractivity contribution < 1.29 is 18.8 Å². The third-order valence-corrected chi connectivity index (χ3v) is 3.80. The third kappa shape index (κ3) is 3.77. The number of nitrogens with zero attached hydrogens (tertiary/aromatic N) is 1. The number of methoxy groups -OCH3 is 1. The molecule has 1 aromatic heterocycles. The molecular weight excluding hydrogens is 296 g/mol. The van der Waals surface area contributed by atoms with Gasteiger partial charge in [0.05, 0.1) is 18.4 Å². The van der Waals surface area contributed by atoms with Crippen LogP contribution < -0.4 is 5.32 Å². The van der Waals surface area contributed by atoms with Crippen molar-refractivity contribution in [2.75, 3.05) is 12.4 Å². The van der Waals surface area contributed by atoms with Crippen LogP contribution in [0.2, 0.25) is 0 Å². The molecule has 0 atom stereocenters. The van der Waals surface area contributed by atoms with Crippen molar-refractivity contribution in [1.29, 1.82) is 0 Å². The monoisotopic (exact) mass is 316 g/mol. The Morgan fingerprint density at radius 2 is 2.00 bits per heavy atom. The van der Waals surface area contributed by atoms with Crippen molar-refractivity contribution in [3.63, 3.8) is 0 Å². The maximum atomic E-state index is 12.2. The van der Waals surface area contributed by atoms with Crippen molar-refractivity contribution in [1.82, 2.24) is 5.16 Å². The Bertz CT molecular complexity index is 715. The summed E-state index contributed by atoms with van der Waals surface area (Å²) < 4.78 is 9.82. The topological polar surface area (TPSA) is 81.4 Å². The van der Waals surface area contributed by atoms with Gasteiger partial charge in [-0.3, -0.25) is 4.79 Å². The first-order chi connectivity index (χ1) is 10.9. The van der Waals surface area contributed by atoms with Crippen LogP contribution in [0.4, 0.5) is 5.69 Å². The molecule has 0 unspecified atom stereocenters. The van der Waals surface area contributed by atoms with E-state index >= 15 is 0 Å². The maximum absolute atomic E-state index is 12.2. The predicted octanol–water partition coefficient (Wildman–Crippen LogP) is 2.96. The fourth-order valence-corrected chi connectivity index (χ4v) is 2.41. The summed E-state index contributed by atoms with van der Waals surface area (Å²) in [6, 6.07) is 5.14. The van der Waals surface area contributed by atoms with Gasteiger partial charge in [-0.2, -0.15) is 0 Å². The number of benzene rings is 1. The Kier molecular flexibility index (Phi) is 5.16. The lowest BCUT2D eigenvalue weighted by atomic mass is 10.1. The van der Waals surface area contributed by atoms with Gasteiger partial charge >= 0.3 is 5.97 Å². The van der Waals surface area contributed by atoms with Crippen LogP contribution in [-0.2, 0) is 16.0 Å². The Hall–Kier alpha value is -2.63. The van der Waals surface area contributed by atoms with Gasteiger partial charge in [0.2, 0.25) is 5.91 Å². The fourth-order valence-electron chi connectivity index (χ4n) is 2.41. The van der Waals surface area contributed by atoms with Crippen molar-refractivity contribution >= 4 is 17.6 Å². The first-order valence-electron chi connectivity index (χ1n) is 7.33. The lowest BCUT2D eigenvalue weighted by Gasteiger charge is -2.11. The Balaban J connectivity index is 2.05. The van der Waals surface area contributed by atoms with E-state index in [0.717, 1.165) is 17.0 Å². The van der Waals surface area contributed by atoms with E-state index in [-0.39, 0.29) is 5.91 Å². The Labute approximate surface area is 134 Å². The number of hydrogen-bond donors (Lipinski definition) is 1. The van der Waals surface area contributed by atoms with Crippen molar-refractivity contribution in [2.24, 2.45) is 0 Å². The Morgan fingerprint density at radius 3 is 2.61 bits per heavy atom. The molecule has 1 heterocycles. The average molecular weight is 316 g/mol. The van der Waals surface area contributed by atoms with Crippen LogP contribution in [-0.4, -0.2) is 24.1 Å². The number of esters is 1. The first-order valence-corrected chi connectivity index (χ1v) is 7.33. The molecule has 2 aromatic rings. The summed E-state index contributed by atoms with van der Waals surface area (Å²) in [6.45, 7) is 5.46. The average Bonchev–Trinajstić information content (AvgIpc) is 2.85. The molecule has 1 aromatic carbocycles. The molecule has 2 rings (SSSR count). The van der Waals surface area contributed by atoms with Crippen LogP contribution >= 0.6 is 0 Å². The zero-order valence-corrected chi connectivity index (χ0v) is 13.7. The van der Waals surface area contributed by atoms with Crippen molar-refractivity contribution in [3.8, 4) is 0 Å². The Morgan fingerprint density at radius 1 is 1.26 bits per heavy atom. The lowest BCUT2D eigenvalue weighted by Crippen LogP contribution is -2.15. The number of carbonyl (C=O) groups excluding carboxylic acids is 2. The molecule has 0 fully saturated rings. The number of anilines is 1. The van der Waals surface area contributed by atoms with E-state index in [4.69, 9.17) is 9.26 Å². The number of ether oxygens (including phenoxy) is 1. The van der Waals surface area contributed by atoms with Crippen molar-refractivity contribution in [2.45, 2.75) is 33.6 Å². The minimum absolute atomic E-state index is 0.130. The zero-order chi connectivity index (χ0) is 17.0. The van der Waals surface area contributed by atoms with E-state index in [9.17, 15) is 9.59 Å². The van der Waals surface area contributed by atoms with Crippen LogP contribution in [0.25, 0.3) is 0 Å². The minimum Gasteiger partial charge on any atom is -0.465 e. The molecule has 1 amide bonds. The molecule has 0 aliphatic carbocycles. The van der Waals surface area contributed by atoms with Gasteiger partial charge in [-0.1, -0.05) is 11.2 Å². The van der Waals surface area contributed by atoms with Gasteiger partial charge in [-0.05, 0) is 44.9 Å². The molecule has 6 heteroatoms. The van der Waals surface area contributed by atoms with Gasteiger partial charge in [-0.25, -0.2) is 4.79 Å². The summed E-state index contributed by atoms with van der Waals surface area (Å²) >= 11 is 0. The molecule has 23 heavy (non-hydrogen) atoms. The van der Waals surface area contributed by atoms with Crippen LogP contribution in [0, 0.1) is 20.8 Å². The van der Waals surface area contributed by atoms with Crippen molar-refractivity contribution in [3.05, 3.63) is 46.3 Å². The number of carbonyl (C=O) groups is 2. The summed E-state index contributed by atoms with van der Waals surface area (Å²) in [4.78, 5) is 23.8. The molecule has 0 saturated heterocycles. The summed E-state index contributed by atoms with van der Waals surface area (Å²) in [5.74, 6) is 0.184. The third-order valence-electron chi connectivity index (χ3n) is 3.80. The molecule has 0 bridgehead atoms. The molecular formula is C17H20N2O4. The summed E-state index contributed by atoms with van der Waals surface area (Å²) in [7, 11) is 1.33. The van der Waals surface area contributed by atoms with E-state index in [0.29, 0.717) is 29.7 Å².